The Hall–Kier alpha value is -2.10. The number of nitrogen functional groups attached to an aromatic ring is 2. The Morgan fingerprint density at radius 2 is 1.94 bits per heavy atom. The van der Waals surface area contributed by atoms with Crippen LogP contribution < -0.4 is 11.5 Å². The zero-order valence-corrected chi connectivity index (χ0v) is 10.1. The summed E-state index contributed by atoms with van der Waals surface area (Å²) in [6.07, 6.45) is 0.778. The summed E-state index contributed by atoms with van der Waals surface area (Å²) in [5, 5.41) is 0. The van der Waals surface area contributed by atoms with Gasteiger partial charge < -0.3 is 11.5 Å². The van der Waals surface area contributed by atoms with Crippen molar-refractivity contribution in [2.45, 2.75) is 20.3 Å². The van der Waals surface area contributed by atoms with Crippen LogP contribution in [0.15, 0.2) is 24.3 Å². The van der Waals surface area contributed by atoms with Crippen LogP contribution in [0.1, 0.15) is 18.2 Å². The van der Waals surface area contributed by atoms with E-state index in [1.165, 1.54) is 5.56 Å². The Morgan fingerprint density at radius 1 is 1.18 bits per heavy atom. The molecule has 0 amide bonds. The van der Waals surface area contributed by atoms with Gasteiger partial charge in [-0.05, 0) is 18.9 Å². The number of aromatic nitrogens is 2. The van der Waals surface area contributed by atoms with Crippen LogP contribution in [0.25, 0.3) is 11.1 Å². The number of nitrogens with zero attached hydrogens (tertiary/aromatic N) is 2. The molecule has 0 aliphatic rings. The molecule has 0 aliphatic heterocycles. The average Bonchev–Trinajstić information content (AvgIpc) is 2.27. The zero-order valence-electron chi connectivity index (χ0n) is 10.1. The molecule has 1 aromatic carbocycles. The van der Waals surface area contributed by atoms with Crippen molar-refractivity contribution >= 4 is 11.8 Å². The highest BCUT2D eigenvalue weighted by Gasteiger charge is 2.12. The van der Waals surface area contributed by atoms with Crippen molar-refractivity contribution in [3.8, 4) is 11.1 Å². The molecule has 0 aliphatic carbocycles. The maximum atomic E-state index is 5.95. The maximum absolute atomic E-state index is 5.95. The van der Waals surface area contributed by atoms with Crippen molar-refractivity contribution < 1.29 is 0 Å². The first-order valence-corrected chi connectivity index (χ1v) is 5.60. The summed E-state index contributed by atoms with van der Waals surface area (Å²) in [6, 6.07) is 8.13. The monoisotopic (exact) mass is 228 g/mol. The van der Waals surface area contributed by atoms with Gasteiger partial charge in [-0.15, -0.1) is 0 Å². The molecular weight excluding hydrogens is 212 g/mol. The van der Waals surface area contributed by atoms with E-state index in [4.69, 9.17) is 11.5 Å². The largest absolute Gasteiger partial charge is 0.383 e. The Kier molecular flexibility index (Phi) is 2.95. The summed E-state index contributed by atoms with van der Waals surface area (Å²) in [6.45, 7) is 4.07. The van der Waals surface area contributed by atoms with E-state index in [0.29, 0.717) is 5.82 Å². The summed E-state index contributed by atoms with van der Waals surface area (Å²) in [5.41, 5.74) is 15.6. The average molecular weight is 228 g/mol. The third-order valence-electron chi connectivity index (χ3n) is 2.67. The van der Waals surface area contributed by atoms with Crippen molar-refractivity contribution in [3.63, 3.8) is 0 Å². The van der Waals surface area contributed by atoms with Gasteiger partial charge in [-0.25, -0.2) is 4.98 Å². The van der Waals surface area contributed by atoms with Gasteiger partial charge in [0.05, 0.1) is 5.69 Å². The van der Waals surface area contributed by atoms with Gasteiger partial charge in [0.2, 0.25) is 5.95 Å². The second-order valence-electron chi connectivity index (χ2n) is 4.01. The Labute approximate surface area is 101 Å². The van der Waals surface area contributed by atoms with Crippen LogP contribution in [-0.4, -0.2) is 9.97 Å². The van der Waals surface area contributed by atoms with Crippen LogP contribution in [0, 0.1) is 6.92 Å². The number of benzene rings is 1. The molecule has 4 heteroatoms. The van der Waals surface area contributed by atoms with Crippen molar-refractivity contribution in [2.75, 3.05) is 11.5 Å². The highest BCUT2D eigenvalue weighted by molar-refractivity contribution is 5.77. The summed E-state index contributed by atoms with van der Waals surface area (Å²) in [7, 11) is 0. The SMILES string of the molecule is CCc1nc(N)nc(N)c1-c1cccc(C)c1. The molecule has 0 saturated heterocycles. The summed E-state index contributed by atoms with van der Waals surface area (Å²) < 4.78 is 0. The minimum Gasteiger partial charge on any atom is -0.383 e. The maximum Gasteiger partial charge on any atom is 0.222 e. The van der Waals surface area contributed by atoms with E-state index >= 15 is 0 Å². The molecular formula is C13H16N4. The van der Waals surface area contributed by atoms with Gasteiger partial charge in [0.1, 0.15) is 5.82 Å². The molecule has 0 saturated carbocycles. The number of rotatable bonds is 2. The van der Waals surface area contributed by atoms with Crippen LogP contribution >= 0.6 is 0 Å². The second-order valence-corrected chi connectivity index (χ2v) is 4.01. The summed E-state index contributed by atoms with van der Waals surface area (Å²) >= 11 is 0. The molecule has 0 bridgehead atoms. The highest BCUT2D eigenvalue weighted by atomic mass is 15.0. The van der Waals surface area contributed by atoms with Gasteiger partial charge in [-0.1, -0.05) is 36.8 Å². The van der Waals surface area contributed by atoms with E-state index < -0.39 is 0 Å². The predicted molar refractivity (Wildman–Crippen MR) is 70.4 cm³/mol. The van der Waals surface area contributed by atoms with E-state index in [1.54, 1.807) is 0 Å². The van der Waals surface area contributed by atoms with Gasteiger partial charge in [0.25, 0.3) is 0 Å². The number of hydrogen-bond acceptors (Lipinski definition) is 4. The van der Waals surface area contributed by atoms with Crippen LogP contribution in [0.4, 0.5) is 11.8 Å². The van der Waals surface area contributed by atoms with Crippen LogP contribution in [0.3, 0.4) is 0 Å². The van der Waals surface area contributed by atoms with E-state index in [2.05, 4.69) is 16.0 Å². The number of hydrogen-bond donors (Lipinski definition) is 2. The molecule has 88 valence electrons. The molecule has 2 aromatic rings. The van der Waals surface area contributed by atoms with Gasteiger partial charge in [-0.2, -0.15) is 4.98 Å². The first-order valence-electron chi connectivity index (χ1n) is 5.60. The fraction of sp³-hybridized carbons (Fsp3) is 0.231. The standard InChI is InChI=1S/C13H16N4/c1-3-10-11(12(14)17-13(15)16-10)9-6-4-5-8(2)7-9/h4-7H,3H2,1-2H3,(H4,14,15,16,17). The quantitative estimate of drug-likeness (QED) is 0.825. The normalized spacial score (nSPS) is 10.5. The first-order chi connectivity index (χ1) is 8.11. The molecule has 0 fully saturated rings. The third kappa shape index (κ3) is 2.20. The Morgan fingerprint density at radius 3 is 2.59 bits per heavy atom. The minimum atomic E-state index is 0.232. The highest BCUT2D eigenvalue weighted by Crippen LogP contribution is 2.28. The predicted octanol–water partition coefficient (Wildman–Crippen LogP) is 2.18. The van der Waals surface area contributed by atoms with E-state index in [-0.39, 0.29) is 5.95 Å². The van der Waals surface area contributed by atoms with Crippen molar-refractivity contribution in [1.82, 2.24) is 9.97 Å². The molecule has 0 radical (unpaired) electrons. The zero-order chi connectivity index (χ0) is 12.4. The molecule has 2 rings (SSSR count). The van der Waals surface area contributed by atoms with E-state index in [9.17, 15) is 0 Å². The van der Waals surface area contributed by atoms with Crippen LogP contribution in [-0.2, 0) is 6.42 Å². The number of nitrogens with two attached hydrogens (primary N) is 2. The van der Waals surface area contributed by atoms with Crippen molar-refractivity contribution in [1.29, 1.82) is 0 Å². The van der Waals surface area contributed by atoms with Gasteiger partial charge >= 0.3 is 0 Å². The summed E-state index contributed by atoms with van der Waals surface area (Å²) in [5.74, 6) is 0.677. The lowest BCUT2D eigenvalue weighted by Crippen LogP contribution is -2.06. The minimum absolute atomic E-state index is 0.232. The number of aryl methyl sites for hydroxylation is 2. The van der Waals surface area contributed by atoms with Crippen molar-refractivity contribution in [3.05, 3.63) is 35.5 Å². The second kappa shape index (κ2) is 4.41. The summed E-state index contributed by atoms with van der Waals surface area (Å²) in [4.78, 5) is 8.28. The number of anilines is 2. The van der Waals surface area contributed by atoms with Crippen molar-refractivity contribution in [2.24, 2.45) is 0 Å². The lowest BCUT2D eigenvalue weighted by atomic mass is 10.0. The molecule has 0 spiro atoms. The van der Waals surface area contributed by atoms with Gasteiger partial charge in [-0.3, -0.25) is 0 Å². The van der Waals surface area contributed by atoms with Gasteiger partial charge in [0.15, 0.2) is 0 Å². The van der Waals surface area contributed by atoms with E-state index in [1.807, 2.05) is 32.0 Å². The fourth-order valence-electron chi connectivity index (χ4n) is 1.92. The van der Waals surface area contributed by atoms with E-state index in [0.717, 1.165) is 23.2 Å². The first kappa shape index (κ1) is 11.4. The molecule has 0 atom stereocenters. The molecule has 17 heavy (non-hydrogen) atoms. The van der Waals surface area contributed by atoms with Gasteiger partial charge in [0, 0.05) is 5.56 Å². The molecule has 1 aromatic heterocycles. The topological polar surface area (TPSA) is 77.8 Å². The lowest BCUT2D eigenvalue weighted by molar-refractivity contribution is 1.02. The van der Waals surface area contributed by atoms with Crippen LogP contribution in [0.5, 0.6) is 0 Å². The molecule has 4 N–H and O–H groups in total. The molecule has 0 unspecified atom stereocenters. The smallest absolute Gasteiger partial charge is 0.222 e. The fourth-order valence-corrected chi connectivity index (χ4v) is 1.92. The Balaban J connectivity index is 2.66. The van der Waals surface area contributed by atoms with Crippen LogP contribution in [0.2, 0.25) is 0 Å². The third-order valence-corrected chi connectivity index (χ3v) is 2.67. The lowest BCUT2D eigenvalue weighted by Gasteiger charge is -2.11. The molecule has 1 heterocycles. The Bertz CT molecular complexity index is 549. The molecule has 4 nitrogen and oxygen atoms in total.